The van der Waals surface area contributed by atoms with Gasteiger partial charge in [0.15, 0.2) is 5.75 Å². The molecule has 0 atom stereocenters. The highest BCUT2D eigenvalue weighted by atomic mass is 16.6. The van der Waals surface area contributed by atoms with E-state index in [1.165, 1.54) is 31.3 Å². The fourth-order valence-electron chi connectivity index (χ4n) is 2.13. The number of nitro benzene ring substituents is 1. The second-order valence-electron chi connectivity index (χ2n) is 5.10. The molecule has 144 valence electrons. The molecule has 0 fully saturated rings. The molecule has 0 aliphatic carbocycles. The van der Waals surface area contributed by atoms with Crippen LogP contribution in [0.2, 0.25) is 0 Å². The van der Waals surface area contributed by atoms with Gasteiger partial charge in [-0.3, -0.25) is 19.7 Å². The first-order valence-electron chi connectivity index (χ1n) is 7.81. The summed E-state index contributed by atoms with van der Waals surface area (Å²) >= 11 is 0. The van der Waals surface area contributed by atoms with Gasteiger partial charge in [0.25, 0.3) is 5.91 Å². The van der Waals surface area contributed by atoms with Gasteiger partial charge in [0.05, 0.1) is 45.4 Å². The third-order valence-corrected chi connectivity index (χ3v) is 3.46. The van der Waals surface area contributed by atoms with Crippen LogP contribution in [0.4, 0.5) is 5.69 Å². The van der Waals surface area contributed by atoms with Crippen molar-refractivity contribution in [1.82, 2.24) is 4.90 Å². The second kappa shape index (κ2) is 11.0. The number of hydrogen-bond acceptors (Lipinski definition) is 8. The van der Waals surface area contributed by atoms with E-state index >= 15 is 0 Å². The van der Waals surface area contributed by atoms with Crippen molar-refractivity contribution in [3.8, 4) is 5.75 Å². The lowest BCUT2D eigenvalue weighted by molar-refractivity contribution is -0.385. The molecule has 0 radical (unpaired) electrons. The SMILES string of the molecule is COC(=O)CCN(CCOCCO)C(=O)c1ccc(OC)c([N+](=O)[O-])c1. The minimum Gasteiger partial charge on any atom is -0.490 e. The molecule has 26 heavy (non-hydrogen) atoms. The summed E-state index contributed by atoms with van der Waals surface area (Å²) < 4.78 is 14.6. The minimum atomic E-state index is -0.640. The predicted octanol–water partition coefficient (Wildman–Crippen LogP) is 0.618. The molecular weight excluding hydrogens is 348 g/mol. The summed E-state index contributed by atoms with van der Waals surface area (Å²) in [6.07, 6.45) is -0.0273. The van der Waals surface area contributed by atoms with Crippen molar-refractivity contribution in [2.75, 3.05) is 47.1 Å². The monoisotopic (exact) mass is 370 g/mol. The zero-order chi connectivity index (χ0) is 19.5. The Kier molecular flexibility index (Phi) is 9.02. The highest BCUT2D eigenvalue weighted by molar-refractivity contribution is 5.95. The summed E-state index contributed by atoms with van der Waals surface area (Å²) in [6.45, 7) is 0.322. The van der Waals surface area contributed by atoms with Crippen LogP contribution in [-0.4, -0.2) is 73.9 Å². The zero-order valence-corrected chi connectivity index (χ0v) is 14.7. The fourth-order valence-corrected chi connectivity index (χ4v) is 2.13. The molecule has 0 aliphatic heterocycles. The van der Waals surface area contributed by atoms with Crippen LogP contribution in [0, 0.1) is 10.1 Å². The standard InChI is InChI=1S/C16H22N2O8/c1-24-14-4-3-12(11-13(14)18(22)23)16(21)17(6-5-15(20)25-2)7-9-26-10-8-19/h3-4,11,19H,5-10H2,1-2H3. The van der Waals surface area contributed by atoms with E-state index in [0.29, 0.717) is 0 Å². The molecule has 0 spiro atoms. The summed E-state index contributed by atoms with van der Waals surface area (Å²) in [7, 11) is 2.54. The highest BCUT2D eigenvalue weighted by Gasteiger charge is 2.22. The van der Waals surface area contributed by atoms with Crippen molar-refractivity contribution in [2.45, 2.75) is 6.42 Å². The van der Waals surface area contributed by atoms with Gasteiger partial charge in [-0.25, -0.2) is 0 Å². The topological polar surface area (TPSA) is 128 Å². The molecule has 10 heteroatoms. The highest BCUT2D eigenvalue weighted by Crippen LogP contribution is 2.28. The van der Waals surface area contributed by atoms with Crippen LogP contribution in [0.25, 0.3) is 0 Å². The summed E-state index contributed by atoms with van der Waals surface area (Å²) in [6, 6.07) is 3.88. The Bertz CT molecular complexity index is 635. The number of benzene rings is 1. The van der Waals surface area contributed by atoms with Crippen molar-refractivity contribution in [3.63, 3.8) is 0 Å². The van der Waals surface area contributed by atoms with E-state index in [1.54, 1.807) is 0 Å². The maximum Gasteiger partial charge on any atom is 0.311 e. The number of methoxy groups -OCH3 is 2. The van der Waals surface area contributed by atoms with E-state index in [-0.39, 0.29) is 56.3 Å². The molecule has 1 aromatic carbocycles. The normalized spacial score (nSPS) is 10.3. The number of aliphatic hydroxyl groups excluding tert-OH is 1. The van der Waals surface area contributed by atoms with Gasteiger partial charge in [-0.2, -0.15) is 0 Å². The molecule has 1 N–H and O–H groups in total. The van der Waals surface area contributed by atoms with E-state index in [1.807, 2.05) is 0 Å². The molecule has 0 unspecified atom stereocenters. The smallest absolute Gasteiger partial charge is 0.311 e. The average Bonchev–Trinajstić information content (AvgIpc) is 2.65. The Balaban J connectivity index is 2.96. The average molecular weight is 370 g/mol. The summed E-state index contributed by atoms with van der Waals surface area (Å²) in [5.41, 5.74) is -0.243. The molecule has 1 aromatic rings. The third-order valence-electron chi connectivity index (χ3n) is 3.46. The lowest BCUT2D eigenvalue weighted by Gasteiger charge is -2.22. The van der Waals surface area contributed by atoms with Crippen molar-refractivity contribution in [1.29, 1.82) is 0 Å². The first kappa shape index (κ1) is 21.3. The van der Waals surface area contributed by atoms with Gasteiger partial charge < -0.3 is 24.2 Å². The zero-order valence-electron chi connectivity index (χ0n) is 14.7. The maximum absolute atomic E-state index is 12.7. The van der Waals surface area contributed by atoms with Gasteiger partial charge in [-0.15, -0.1) is 0 Å². The maximum atomic E-state index is 12.7. The van der Waals surface area contributed by atoms with Crippen LogP contribution in [0.15, 0.2) is 18.2 Å². The van der Waals surface area contributed by atoms with Crippen LogP contribution in [0.3, 0.4) is 0 Å². The summed E-state index contributed by atoms with van der Waals surface area (Å²) in [4.78, 5) is 35.8. The quantitative estimate of drug-likeness (QED) is 0.260. The fraction of sp³-hybridized carbons (Fsp3) is 0.500. The molecule has 0 aromatic heterocycles. The van der Waals surface area contributed by atoms with E-state index < -0.39 is 16.8 Å². The van der Waals surface area contributed by atoms with Gasteiger partial charge in [0.1, 0.15) is 0 Å². The Morgan fingerprint density at radius 2 is 1.96 bits per heavy atom. The molecule has 10 nitrogen and oxygen atoms in total. The van der Waals surface area contributed by atoms with E-state index in [9.17, 15) is 19.7 Å². The van der Waals surface area contributed by atoms with Crippen LogP contribution in [0.5, 0.6) is 5.75 Å². The van der Waals surface area contributed by atoms with Crippen LogP contribution >= 0.6 is 0 Å². The molecular formula is C16H22N2O8. The number of carbonyl (C=O) groups is 2. The lowest BCUT2D eigenvalue weighted by Crippen LogP contribution is -2.36. The van der Waals surface area contributed by atoms with Crippen molar-refractivity contribution in [3.05, 3.63) is 33.9 Å². The van der Waals surface area contributed by atoms with Gasteiger partial charge in [0, 0.05) is 24.7 Å². The van der Waals surface area contributed by atoms with Crippen LogP contribution in [0.1, 0.15) is 16.8 Å². The molecule has 0 aliphatic rings. The first-order valence-corrected chi connectivity index (χ1v) is 7.81. The van der Waals surface area contributed by atoms with Crippen molar-refractivity contribution < 1.29 is 33.8 Å². The number of amides is 1. The number of nitrogens with zero attached hydrogens (tertiary/aromatic N) is 2. The van der Waals surface area contributed by atoms with Gasteiger partial charge in [-0.05, 0) is 12.1 Å². The van der Waals surface area contributed by atoms with Crippen molar-refractivity contribution >= 4 is 17.6 Å². The lowest BCUT2D eigenvalue weighted by atomic mass is 10.1. The number of rotatable bonds is 11. The van der Waals surface area contributed by atoms with Gasteiger partial charge >= 0.3 is 11.7 Å². The molecule has 0 heterocycles. The Morgan fingerprint density at radius 1 is 1.23 bits per heavy atom. The number of ether oxygens (including phenoxy) is 3. The number of hydrogen-bond donors (Lipinski definition) is 1. The Hall–Kier alpha value is -2.72. The number of carbonyl (C=O) groups excluding carboxylic acids is 2. The molecule has 1 amide bonds. The van der Waals surface area contributed by atoms with Crippen LogP contribution in [-0.2, 0) is 14.3 Å². The molecule has 0 saturated carbocycles. The molecule has 1 rings (SSSR count). The third kappa shape index (κ3) is 6.30. The molecule has 0 saturated heterocycles. The number of esters is 1. The molecule has 0 bridgehead atoms. The first-order chi connectivity index (χ1) is 12.4. The van der Waals surface area contributed by atoms with Crippen LogP contribution < -0.4 is 4.74 Å². The van der Waals surface area contributed by atoms with E-state index in [0.717, 1.165) is 6.07 Å². The number of nitro groups is 1. The second-order valence-corrected chi connectivity index (χ2v) is 5.10. The van der Waals surface area contributed by atoms with E-state index in [2.05, 4.69) is 4.74 Å². The predicted molar refractivity (Wildman–Crippen MR) is 90.1 cm³/mol. The Morgan fingerprint density at radius 3 is 2.54 bits per heavy atom. The van der Waals surface area contributed by atoms with Gasteiger partial charge in [-0.1, -0.05) is 0 Å². The van der Waals surface area contributed by atoms with Crippen molar-refractivity contribution in [2.24, 2.45) is 0 Å². The summed E-state index contributed by atoms with van der Waals surface area (Å²) in [5, 5.41) is 19.8. The number of aliphatic hydroxyl groups is 1. The largest absolute Gasteiger partial charge is 0.490 e. The Labute approximate surface area is 150 Å². The van der Waals surface area contributed by atoms with E-state index in [4.69, 9.17) is 14.6 Å². The minimum absolute atomic E-state index is 0.0273. The van der Waals surface area contributed by atoms with Gasteiger partial charge in [0.2, 0.25) is 0 Å². The summed E-state index contributed by atoms with van der Waals surface area (Å²) in [5.74, 6) is -0.939.